The summed E-state index contributed by atoms with van der Waals surface area (Å²) in [6, 6.07) is 14.1. The van der Waals surface area contributed by atoms with Crippen LogP contribution in [0.15, 0.2) is 42.5 Å². The number of carbonyl (C=O) groups is 1. The van der Waals surface area contributed by atoms with Crippen molar-refractivity contribution in [2.75, 3.05) is 13.2 Å². The number of ether oxygens (including phenoxy) is 1. The summed E-state index contributed by atoms with van der Waals surface area (Å²) in [4.78, 5) is 12.5. The molecule has 0 aromatic heterocycles. The highest BCUT2D eigenvalue weighted by molar-refractivity contribution is 5.87. The van der Waals surface area contributed by atoms with Gasteiger partial charge in [-0.2, -0.15) is 0 Å². The zero-order chi connectivity index (χ0) is 15.5. The van der Waals surface area contributed by atoms with Crippen LogP contribution >= 0.6 is 0 Å². The Morgan fingerprint density at radius 2 is 2.05 bits per heavy atom. The van der Waals surface area contributed by atoms with Gasteiger partial charge in [0.2, 0.25) is 5.91 Å². The number of benzene rings is 2. The van der Waals surface area contributed by atoms with Gasteiger partial charge in [-0.25, -0.2) is 0 Å². The molecule has 2 N–H and O–H groups in total. The molecule has 4 nitrogen and oxygen atoms in total. The van der Waals surface area contributed by atoms with E-state index in [1.165, 1.54) is 10.8 Å². The summed E-state index contributed by atoms with van der Waals surface area (Å²) in [5, 5.41) is 8.70. The van der Waals surface area contributed by atoms with E-state index in [4.69, 9.17) is 4.74 Å². The zero-order valence-electron chi connectivity index (χ0n) is 13.0. The van der Waals surface area contributed by atoms with Gasteiger partial charge in [-0.3, -0.25) is 4.79 Å². The molecule has 1 aliphatic rings. The number of morpholine rings is 1. The predicted octanol–water partition coefficient (Wildman–Crippen LogP) is 2.39. The van der Waals surface area contributed by atoms with Crippen LogP contribution in [-0.4, -0.2) is 31.2 Å². The van der Waals surface area contributed by atoms with Crippen molar-refractivity contribution < 1.29 is 9.53 Å². The van der Waals surface area contributed by atoms with E-state index < -0.39 is 0 Å². The Morgan fingerprint density at radius 3 is 2.86 bits per heavy atom. The molecule has 1 fully saturated rings. The molecule has 1 aliphatic heterocycles. The van der Waals surface area contributed by atoms with Crippen molar-refractivity contribution >= 4 is 16.7 Å². The molecule has 22 heavy (non-hydrogen) atoms. The Balaban J connectivity index is 1.78. The number of hydrogen-bond acceptors (Lipinski definition) is 3. The molecule has 1 saturated heterocycles. The first-order valence-corrected chi connectivity index (χ1v) is 7.80. The second-order valence-corrected chi connectivity index (χ2v) is 5.81. The van der Waals surface area contributed by atoms with E-state index >= 15 is 0 Å². The van der Waals surface area contributed by atoms with E-state index in [1.54, 1.807) is 0 Å². The average Bonchev–Trinajstić information content (AvgIpc) is 2.54. The Kier molecular flexibility index (Phi) is 4.41. The van der Waals surface area contributed by atoms with Crippen molar-refractivity contribution in [2.45, 2.75) is 32.0 Å². The van der Waals surface area contributed by atoms with Crippen LogP contribution in [0, 0.1) is 0 Å². The van der Waals surface area contributed by atoms with E-state index in [1.807, 2.05) is 32.0 Å². The lowest BCUT2D eigenvalue weighted by atomic mass is 9.99. The highest BCUT2D eigenvalue weighted by atomic mass is 16.5. The maximum Gasteiger partial charge on any atom is 0.240 e. The van der Waals surface area contributed by atoms with Crippen molar-refractivity contribution in [2.24, 2.45) is 0 Å². The minimum absolute atomic E-state index is 0.00682. The molecular formula is C18H22N2O2. The minimum atomic E-state index is -0.286. The summed E-state index contributed by atoms with van der Waals surface area (Å²) in [6.45, 7) is 5.32. The lowest BCUT2D eigenvalue weighted by molar-refractivity contribution is -0.129. The molecule has 1 amide bonds. The van der Waals surface area contributed by atoms with Gasteiger partial charge in [0.1, 0.15) is 6.04 Å². The third kappa shape index (κ3) is 2.98. The van der Waals surface area contributed by atoms with Crippen LogP contribution in [0.2, 0.25) is 0 Å². The smallest absolute Gasteiger partial charge is 0.240 e. The number of nitrogens with one attached hydrogen (secondary N) is 2. The first kappa shape index (κ1) is 15.0. The van der Waals surface area contributed by atoms with Gasteiger partial charge in [-0.1, -0.05) is 42.5 Å². The number of carbonyl (C=O) groups excluding carboxylic acids is 1. The predicted molar refractivity (Wildman–Crippen MR) is 87.7 cm³/mol. The Hall–Kier alpha value is -1.91. The van der Waals surface area contributed by atoms with Crippen LogP contribution in [-0.2, 0) is 9.53 Å². The third-order valence-electron chi connectivity index (χ3n) is 4.25. The van der Waals surface area contributed by atoms with Crippen molar-refractivity contribution in [1.29, 1.82) is 0 Å². The molecule has 1 unspecified atom stereocenters. The number of amides is 1. The first-order chi connectivity index (χ1) is 10.7. The van der Waals surface area contributed by atoms with E-state index in [0.29, 0.717) is 13.2 Å². The molecule has 0 saturated carbocycles. The van der Waals surface area contributed by atoms with Crippen LogP contribution in [0.5, 0.6) is 0 Å². The topological polar surface area (TPSA) is 50.4 Å². The highest BCUT2D eigenvalue weighted by Crippen LogP contribution is 2.24. The molecule has 0 radical (unpaired) electrons. The lowest BCUT2D eigenvalue weighted by Gasteiger charge is -2.30. The summed E-state index contributed by atoms with van der Waals surface area (Å²) in [6.07, 6.45) is -0.103. The number of fused-ring (bicyclic) bond motifs is 1. The molecule has 0 aliphatic carbocycles. The molecule has 116 valence electrons. The van der Waals surface area contributed by atoms with Crippen molar-refractivity contribution in [3.8, 4) is 0 Å². The summed E-state index contributed by atoms with van der Waals surface area (Å²) >= 11 is 0. The van der Waals surface area contributed by atoms with Gasteiger partial charge in [-0.15, -0.1) is 0 Å². The monoisotopic (exact) mass is 298 g/mol. The Morgan fingerprint density at radius 1 is 1.27 bits per heavy atom. The third-order valence-corrected chi connectivity index (χ3v) is 4.25. The van der Waals surface area contributed by atoms with Crippen LogP contribution in [0.1, 0.15) is 25.5 Å². The maximum atomic E-state index is 12.5. The zero-order valence-corrected chi connectivity index (χ0v) is 13.0. The van der Waals surface area contributed by atoms with Gasteiger partial charge in [0, 0.05) is 6.54 Å². The van der Waals surface area contributed by atoms with Gasteiger partial charge in [0.25, 0.3) is 0 Å². The van der Waals surface area contributed by atoms with Gasteiger partial charge < -0.3 is 15.4 Å². The standard InChI is InChI=1S/C18H22N2O2/c1-12(20-18(21)17-13(2)22-11-10-19-17)15-9-5-7-14-6-3-4-8-16(14)15/h3-9,12-13,17,19H,10-11H2,1-2H3,(H,20,21)/t12?,13-,17+/m1/s1. The Bertz CT molecular complexity index is 666. The SMILES string of the molecule is CC(NC(=O)[C@H]1NCCO[C@@H]1C)c1cccc2ccccc12. The largest absolute Gasteiger partial charge is 0.375 e. The second-order valence-electron chi connectivity index (χ2n) is 5.81. The molecule has 3 rings (SSSR count). The van der Waals surface area contributed by atoms with E-state index in [0.717, 1.165) is 5.56 Å². The molecule has 2 aromatic carbocycles. The quantitative estimate of drug-likeness (QED) is 0.915. The minimum Gasteiger partial charge on any atom is -0.375 e. The van der Waals surface area contributed by atoms with Gasteiger partial charge in [-0.05, 0) is 30.2 Å². The number of rotatable bonds is 3. The summed E-state index contributed by atoms with van der Waals surface area (Å²) in [7, 11) is 0. The Labute approximate surface area is 130 Å². The van der Waals surface area contributed by atoms with Crippen LogP contribution in [0.4, 0.5) is 0 Å². The first-order valence-electron chi connectivity index (χ1n) is 7.80. The summed E-state index contributed by atoms with van der Waals surface area (Å²) in [5.41, 5.74) is 1.14. The average molecular weight is 298 g/mol. The van der Waals surface area contributed by atoms with E-state index in [-0.39, 0.29) is 24.1 Å². The molecule has 1 heterocycles. The van der Waals surface area contributed by atoms with Gasteiger partial charge in [0.15, 0.2) is 0 Å². The molecular weight excluding hydrogens is 276 g/mol. The van der Waals surface area contributed by atoms with Crippen molar-refractivity contribution in [3.63, 3.8) is 0 Å². The fourth-order valence-electron chi connectivity index (χ4n) is 3.04. The van der Waals surface area contributed by atoms with Crippen LogP contribution < -0.4 is 10.6 Å². The van der Waals surface area contributed by atoms with Gasteiger partial charge >= 0.3 is 0 Å². The van der Waals surface area contributed by atoms with E-state index in [9.17, 15) is 4.79 Å². The van der Waals surface area contributed by atoms with Gasteiger partial charge in [0.05, 0.1) is 18.8 Å². The van der Waals surface area contributed by atoms with Crippen molar-refractivity contribution in [3.05, 3.63) is 48.0 Å². The molecule has 2 aromatic rings. The molecule has 3 atom stereocenters. The normalized spacial score (nSPS) is 23.2. The van der Waals surface area contributed by atoms with E-state index in [2.05, 4.69) is 34.9 Å². The summed E-state index contributed by atoms with van der Waals surface area (Å²) < 4.78 is 5.55. The maximum absolute atomic E-state index is 12.5. The number of hydrogen-bond donors (Lipinski definition) is 2. The van der Waals surface area contributed by atoms with Crippen molar-refractivity contribution in [1.82, 2.24) is 10.6 Å². The fraction of sp³-hybridized carbons (Fsp3) is 0.389. The summed E-state index contributed by atoms with van der Waals surface area (Å²) in [5.74, 6) is -0.00682. The van der Waals surface area contributed by atoms with Crippen LogP contribution in [0.3, 0.4) is 0 Å². The molecule has 4 heteroatoms. The second kappa shape index (κ2) is 6.46. The molecule has 0 bridgehead atoms. The highest BCUT2D eigenvalue weighted by Gasteiger charge is 2.29. The van der Waals surface area contributed by atoms with Crippen LogP contribution in [0.25, 0.3) is 10.8 Å². The molecule has 0 spiro atoms. The fourth-order valence-corrected chi connectivity index (χ4v) is 3.04. The lowest BCUT2D eigenvalue weighted by Crippen LogP contribution is -2.55.